The molecular formula is C10H15N5S. The van der Waals surface area contributed by atoms with E-state index in [4.69, 9.17) is 5.73 Å². The quantitative estimate of drug-likeness (QED) is 0.844. The van der Waals surface area contributed by atoms with Crippen LogP contribution in [0.3, 0.4) is 0 Å². The number of anilines is 2. The number of hydrogen-bond acceptors (Lipinski definition) is 5. The van der Waals surface area contributed by atoms with Crippen LogP contribution < -0.4 is 11.1 Å². The van der Waals surface area contributed by atoms with Crippen LogP contribution in [0.25, 0.3) is 0 Å². The molecule has 5 nitrogen and oxygen atoms in total. The summed E-state index contributed by atoms with van der Waals surface area (Å²) in [6, 6.07) is 0. The van der Waals surface area contributed by atoms with Crippen LogP contribution in [-0.2, 0) is 13.5 Å². The van der Waals surface area contributed by atoms with Gasteiger partial charge in [-0.1, -0.05) is 0 Å². The fraction of sp³-hybridized carbons (Fsp3) is 0.400. The van der Waals surface area contributed by atoms with Gasteiger partial charge in [-0.3, -0.25) is 4.68 Å². The maximum Gasteiger partial charge on any atom is 0.171 e. The van der Waals surface area contributed by atoms with Gasteiger partial charge in [0.15, 0.2) is 5.82 Å². The molecule has 0 unspecified atom stereocenters. The highest BCUT2D eigenvalue weighted by atomic mass is 32.1. The zero-order valence-corrected chi connectivity index (χ0v) is 10.2. The van der Waals surface area contributed by atoms with Gasteiger partial charge in [-0.15, -0.1) is 11.3 Å². The number of nitrogen functional groups attached to an aromatic ring is 1. The predicted molar refractivity (Wildman–Crippen MR) is 66.7 cm³/mol. The van der Waals surface area contributed by atoms with Crippen LogP contribution in [0, 0.1) is 6.92 Å². The maximum absolute atomic E-state index is 5.77. The topological polar surface area (TPSA) is 68.8 Å². The smallest absolute Gasteiger partial charge is 0.171 e. The van der Waals surface area contributed by atoms with Gasteiger partial charge < -0.3 is 11.1 Å². The number of hydrogen-bond donors (Lipinski definition) is 2. The monoisotopic (exact) mass is 237 g/mol. The van der Waals surface area contributed by atoms with Crippen LogP contribution in [-0.4, -0.2) is 21.3 Å². The van der Waals surface area contributed by atoms with Crippen LogP contribution in [0.15, 0.2) is 11.6 Å². The summed E-state index contributed by atoms with van der Waals surface area (Å²) in [6.07, 6.45) is 2.68. The van der Waals surface area contributed by atoms with Crippen LogP contribution in [0.1, 0.15) is 10.7 Å². The van der Waals surface area contributed by atoms with Crippen molar-refractivity contribution in [3.8, 4) is 0 Å². The number of rotatable bonds is 4. The first-order valence-electron chi connectivity index (χ1n) is 5.09. The molecule has 16 heavy (non-hydrogen) atoms. The second kappa shape index (κ2) is 4.52. The van der Waals surface area contributed by atoms with E-state index in [1.54, 1.807) is 22.2 Å². The Hall–Kier alpha value is -1.56. The standard InChI is InChI=1S/C10H15N5S/c1-7-6-16-9(13-7)3-4-12-10-8(11)5-15(2)14-10/h5-6H,3-4,11H2,1-2H3,(H,12,14). The van der Waals surface area contributed by atoms with Gasteiger partial charge >= 0.3 is 0 Å². The van der Waals surface area contributed by atoms with E-state index < -0.39 is 0 Å². The Morgan fingerprint density at radius 1 is 1.56 bits per heavy atom. The number of nitrogens with one attached hydrogen (secondary N) is 1. The summed E-state index contributed by atoms with van der Waals surface area (Å²) in [7, 11) is 1.85. The molecule has 0 atom stereocenters. The van der Waals surface area contributed by atoms with E-state index in [2.05, 4.69) is 20.8 Å². The maximum atomic E-state index is 5.77. The lowest BCUT2D eigenvalue weighted by Gasteiger charge is -2.01. The zero-order valence-electron chi connectivity index (χ0n) is 9.40. The van der Waals surface area contributed by atoms with E-state index in [0.717, 1.165) is 29.5 Å². The number of thiazole rings is 1. The normalized spacial score (nSPS) is 10.6. The Kier molecular flexibility index (Phi) is 3.09. The van der Waals surface area contributed by atoms with Gasteiger partial charge in [0.05, 0.1) is 10.7 Å². The molecule has 3 N–H and O–H groups in total. The second-order valence-electron chi connectivity index (χ2n) is 3.67. The summed E-state index contributed by atoms with van der Waals surface area (Å²) < 4.78 is 1.70. The molecule has 0 aliphatic heterocycles. The lowest BCUT2D eigenvalue weighted by molar-refractivity contribution is 0.768. The molecule has 86 valence electrons. The van der Waals surface area contributed by atoms with E-state index in [0.29, 0.717) is 5.69 Å². The first kappa shape index (κ1) is 10.9. The Balaban J connectivity index is 1.86. The van der Waals surface area contributed by atoms with Crippen molar-refractivity contribution in [1.82, 2.24) is 14.8 Å². The lowest BCUT2D eigenvalue weighted by atomic mass is 10.4. The van der Waals surface area contributed by atoms with Gasteiger partial charge in [0.1, 0.15) is 0 Å². The second-order valence-corrected chi connectivity index (χ2v) is 4.61. The molecule has 0 aromatic carbocycles. The third-order valence-corrected chi connectivity index (χ3v) is 3.18. The first-order chi connectivity index (χ1) is 7.65. The Morgan fingerprint density at radius 2 is 2.38 bits per heavy atom. The van der Waals surface area contributed by atoms with Crippen LogP contribution in [0.4, 0.5) is 11.5 Å². The summed E-state index contributed by atoms with van der Waals surface area (Å²) >= 11 is 1.69. The summed E-state index contributed by atoms with van der Waals surface area (Å²) in [5.41, 5.74) is 7.53. The fourth-order valence-corrected chi connectivity index (χ4v) is 2.23. The molecule has 0 spiro atoms. The third-order valence-electron chi connectivity index (χ3n) is 2.15. The molecule has 0 amide bonds. The van der Waals surface area contributed by atoms with Crippen molar-refractivity contribution in [3.63, 3.8) is 0 Å². The molecule has 2 heterocycles. The van der Waals surface area contributed by atoms with Crippen LogP contribution in [0.2, 0.25) is 0 Å². The van der Waals surface area contributed by atoms with E-state index in [1.165, 1.54) is 0 Å². The SMILES string of the molecule is Cc1csc(CCNc2nn(C)cc2N)n1. The molecule has 0 saturated heterocycles. The third kappa shape index (κ3) is 2.52. The molecule has 2 aromatic heterocycles. The van der Waals surface area contributed by atoms with Crippen molar-refractivity contribution in [3.05, 3.63) is 22.3 Å². The minimum absolute atomic E-state index is 0.679. The highest BCUT2D eigenvalue weighted by Crippen LogP contribution is 2.14. The summed E-state index contributed by atoms with van der Waals surface area (Å²) in [4.78, 5) is 4.39. The molecule has 2 rings (SSSR count). The first-order valence-corrected chi connectivity index (χ1v) is 5.97. The number of aromatic nitrogens is 3. The summed E-state index contributed by atoms with van der Waals surface area (Å²) in [6.45, 7) is 2.80. The average Bonchev–Trinajstić information content (AvgIpc) is 2.74. The predicted octanol–water partition coefficient (Wildman–Crippen LogP) is 1.42. The van der Waals surface area contributed by atoms with Crippen LogP contribution >= 0.6 is 11.3 Å². The van der Waals surface area contributed by atoms with Crippen molar-refractivity contribution >= 4 is 22.8 Å². The minimum atomic E-state index is 0.679. The van der Waals surface area contributed by atoms with Gasteiger partial charge in [-0.05, 0) is 6.92 Å². The van der Waals surface area contributed by atoms with Crippen molar-refractivity contribution in [2.45, 2.75) is 13.3 Å². The number of nitrogens with zero attached hydrogens (tertiary/aromatic N) is 3. The summed E-state index contributed by atoms with van der Waals surface area (Å²) in [5.74, 6) is 0.746. The largest absolute Gasteiger partial charge is 0.394 e. The molecular weight excluding hydrogens is 222 g/mol. The average molecular weight is 237 g/mol. The van der Waals surface area contributed by atoms with E-state index >= 15 is 0 Å². The van der Waals surface area contributed by atoms with Crippen molar-refractivity contribution in [2.75, 3.05) is 17.6 Å². The molecule has 0 bridgehead atoms. The number of aryl methyl sites for hydroxylation is 2. The van der Waals surface area contributed by atoms with Crippen molar-refractivity contribution in [1.29, 1.82) is 0 Å². The Bertz CT molecular complexity index is 473. The van der Waals surface area contributed by atoms with Gasteiger partial charge in [-0.25, -0.2) is 4.98 Å². The minimum Gasteiger partial charge on any atom is -0.394 e. The molecule has 6 heteroatoms. The van der Waals surface area contributed by atoms with Gasteiger partial charge in [0.2, 0.25) is 0 Å². The number of nitrogens with two attached hydrogens (primary N) is 1. The molecule has 0 radical (unpaired) electrons. The fourth-order valence-electron chi connectivity index (χ4n) is 1.45. The summed E-state index contributed by atoms with van der Waals surface area (Å²) in [5, 5.41) is 10.6. The van der Waals surface area contributed by atoms with Crippen molar-refractivity contribution in [2.24, 2.45) is 7.05 Å². The Labute approximate surface area is 98.3 Å². The van der Waals surface area contributed by atoms with Crippen LogP contribution in [0.5, 0.6) is 0 Å². The highest BCUT2D eigenvalue weighted by Gasteiger charge is 2.03. The van der Waals surface area contributed by atoms with E-state index in [-0.39, 0.29) is 0 Å². The lowest BCUT2D eigenvalue weighted by Crippen LogP contribution is -2.07. The van der Waals surface area contributed by atoms with Gasteiger partial charge in [0, 0.05) is 37.3 Å². The van der Waals surface area contributed by atoms with Gasteiger partial charge in [0.25, 0.3) is 0 Å². The molecule has 0 aliphatic rings. The Morgan fingerprint density at radius 3 is 2.94 bits per heavy atom. The molecule has 0 saturated carbocycles. The molecule has 2 aromatic rings. The zero-order chi connectivity index (χ0) is 11.5. The molecule has 0 fully saturated rings. The van der Waals surface area contributed by atoms with E-state index in [9.17, 15) is 0 Å². The van der Waals surface area contributed by atoms with Gasteiger partial charge in [-0.2, -0.15) is 5.10 Å². The molecule has 0 aliphatic carbocycles. The van der Waals surface area contributed by atoms with Crippen molar-refractivity contribution < 1.29 is 0 Å². The highest BCUT2D eigenvalue weighted by molar-refractivity contribution is 7.09. The van der Waals surface area contributed by atoms with E-state index in [1.807, 2.05) is 14.0 Å².